The number of fused-ring (bicyclic) bond motifs is 1. The van der Waals surface area contributed by atoms with Gasteiger partial charge in [0.1, 0.15) is 5.75 Å². The van der Waals surface area contributed by atoms with Crippen molar-refractivity contribution < 1.29 is 28.6 Å². The molecule has 0 saturated heterocycles. The number of benzene rings is 2. The van der Waals surface area contributed by atoms with Crippen LogP contribution in [0.4, 0.5) is 5.69 Å². The highest BCUT2D eigenvalue weighted by Gasteiger charge is 2.45. The maximum Gasteiger partial charge on any atom is 0.294 e. The number of furan rings is 1. The molecule has 2 aromatic carbocycles. The van der Waals surface area contributed by atoms with Gasteiger partial charge in [0.2, 0.25) is 5.78 Å². The number of ether oxygens (including phenoxy) is 2. The number of aliphatic hydroxyl groups is 1. The topological polar surface area (TPSA) is 102 Å². The number of carbonyl (C=O) groups is 2. The lowest BCUT2D eigenvalue weighted by Gasteiger charge is -2.27. The zero-order chi connectivity index (χ0) is 25.4. The van der Waals surface area contributed by atoms with Crippen molar-refractivity contribution in [2.45, 2.75) is 13.0 Å². The number of aliphatic hydroxyl groups excluding tert-OH is 1. The molecule has 0 fully saturated rings. The molecule has 1 atom stereocenters. The van der Waals surface area contributed by atoms with E-state index in [-0.39, 0.29) is 11.3 Å². The molecule has 2 aromatic heterocycles. The van der Waals surface area contributed by atoms with Crippen LogP contribution in [0.2, 0.25) is 5.02 Å². The molecule has 1 N–H and O–H groups in total. The molecule has 1 amide bonds. The number of nitrogens with zero attached hydrogens (tertiary/aromatic N) is 2. The summed E-state index contributed by atoms with van der Waals surface area (Å²) in [5.74, 6) is -1.17. The van der Waals surface area contributed by atoms with Crippen molar-refractivity contribution in [1.82, 2.24) is 4.98 Å². The molecular weight excluding hydrogens is 484 g/mol. The number of hydrogen-bond acceptors (Lipinski definition) is 7. The minimum absolute atomic E-state index is 0.0658. The summed E-state index contributed by atoms with van der Waals surface area (Å²) in [6, 6.07) is 14.1. The molecule has 3 heterocycles. The van der Waals surface area contributed by atoms with Gasteiger partial charge in [0.15, 0.2) is 22.9 Å². The predicted molar refractivity (Wildman–Crippen MR) is 134 cm³/mol. The van der Waals surface area contributed by atoms with E-state index in [4.69, 9.17) is 25.5 Å². The first kappa shape index (κ1) is 23.4. The van der Waals surface area contributed by atoms with Gasteiger partial charge in [0, 0.05) is 40.6 Å². The van der Waals surface area contributed by atoms with Crippen molar-refractivity contribution >= 4 is 39.9 Å². The van der Waals surface area contributed by atoms with Gasteiger partial charge in [-0.2, -0.15) is 0 Å². The van der Waals surface area contributed by atoms with E-state index < -0.39 is 23.5 Å². The quantitative estimate of drug-likeness (QED) is 0.323. The van der Waals surface area contributed by atoms with Crippen LogP contribution in [0.3, 0.4) is 0 Å². The Morgan fingerprint density at radius 2 is 1.94 bits per heavy atom. The van der Waals surface area contributed by atoms with Crippen LogP contribution >= 0.6 is 11.6 Å². The van der Waals surface area contributed by atoms with E-state index in [1.54, 1.807) is 60.9 Å². The highest BCUT2D eigenvalue weighted by atomic mass is 35.5. The molecule has 4 aromatic rings. The maximum absolute atomic E-state index is 13.8. The maximum atomic E-state index is 13.8. The first-order valence-corrected chi connectivity index (χ1v) is 11.5. The number of anilines is 1. The summed E-state index contributed by atoms with van der Waals surface area (Å²) in [5.41, 5.74) is 1.26. The third-order valence-corrected chi connectivity index (χ3v) is 6.09. The molecular formula is C27H21ClN2O6. The van der Waals surface area contributed by atoms with E-state index in [9.17, 15) is 14.7 Å². The van der Waals surface area contributed by atoms with E-state index >= 15 is 0 Å². The molecule has 9 heteroatoms. The van der Waals surface area contributed by atoms with Crippen molar-refractivity contribution in [3.8, 4) is 11.5 Å². The molecule has 0 spiro atoms. The fourth-order valence-electron chi connectivity index (χ4n) is 4.34. The van der Waals surface area contributed by atoms with Crippen LogP contribution in [0.25, 0.3) is 11.0 Å². The number of carbonyl (C=O) groups excluding carboxylic acids is 2. The van der Waals surface area contributed by atoms with Crippen LogP contribution in [0, 0.1) is 0 Å². The third kappa shape index (κ3) is 3.95. The highest BCUT2D eigenvalue weighted by Crippen LogP contribution is 2.43. The van der Waals surface area contributed by atoms with Crippen molar-refractivity contribution in [2.24, 2.45) is 0 Å². The van der Waals surface area contributed by atoms with E-state index in [0.717, 1.165) is 0 Å². The van der Waals surface area contributed by atoms with Crippen LogP contribution in [0.1, 0.15) is 29.1 Å². The monoisotopic (exact) mass is 504 g/mol. The fourth-order valence-corrected chi connectivity index (χ4v) is 4.55. The molecule has 1 aliphatic heterocycles. The number of aromatic nitrogens is 1. The Kier molecular flexibility index (Phi) is 6.12. The average molecular weight is 505 g/mol. The highest BCUT2D eigenvalue weighted by molar-refractivity contribution is 6.31. The number of rotatable bonds is 7. The summed E-state index contributed by atoms with van der Waals surface area (Å²) >= 11 is 6.16. The smallest absolute Gasteiger partial charge is 0.294 e. The molecule has 1 unspecified atom stereocenters. The van der Waals surface area contributed by atoms with Gasteiger partial charge in [-0.25, -0.2) is 0 Å². The van der Waals surface area contributed by atoms with E-state index in [1.165, 1.54) is 18.1 Å². The molecule has 182 valence electrons. The number of halogens is 1. The summed E-state index contributed by atoms with van der Waals surface area (Å²) in [7, 11) is 1.47. The number of hydrogen-bond donors (Lipinski definition) is 1. The van der Waals surface area contributed by atoms with E-state index in [0.29, 0.717) is 45.3 Å². The van der Waals surface area contributed by atoms with E-state index in [2.05, 4.69) is 4.98 Å². The Labute approximate surface area is 211 Å². The van der Waals surface area contributed by atoms with Crippen LogP contribution < -0.4 is 14.4 Å². The fraction of sp³-hybridized carbons (Fsp3) is 0.148. The number of pyridine rings is 1. The number of Topliss-reactive ketones (excluding diaryl/α,β-unsaturated/α-hetero) is 1. The average Bonchev–Trinajstić information content (AvgIpc) is 3.43. The first-order chi connectivity index (χ1) is 17.4. The van der Waals surface area contributed by atoms with Crippen molar-refractivity contribution in [3.05, 3.63) is 94.7 Å². The number of amides is 1. The summed E-state index contributed by atoms with van der Waals surface area (Å²) in [6.45, 7) is 2.30. The van der Waals surface area contributed by atoms with E-state index in [1.807, 2.05) is 6.92 Å². The van der Waals surface area contributed by atoms with Gasteiger partial charge in [-0.3, -0.25) is 19.5 Å². The summed E-state index contributed by atoms with van der Waals surface area (Å²) < 4.78 is 16.8. The number of ketones is 1. The zero-order valence-corrected chi connectivity index (χ0v) is 20.2. The molecule has 0 aliphatic carbocycles. The minimum Gasteiger partial charge on any atom is -0.503 e. The van der Waals surface area contributed by atoms with Crippen LogP contribution in [0.5, 0.6) is 11.5 Å². The molecule has 0 bridgehead atoms. The molecule has 1 aliphatic rings. The predicted octanol–water partition coefficient (Wildman–Crippen LogP) is 5.67. The van der Waals surface area contributed by atoms with Crippen molar-refractivity contribution in [2.75, 3.05) is 18.6 Å². The van der Waals surface area contributed by atoms with Crippen LogP contribution in [-0.2, 0) is 4.79 Å². The van der Waals surface area contributed by atoms with Crippen molar-refractivity contribution in [1.29, 1.82) is 0 Å². The zero-order valence-electron chi connectivity index (χ0n) is 19.4. The van der Waals surface area contributed by atoms with Crippen LogP contribution in [-0.4, -0.2) is 35.5 Å². The lowest BCUT2D eigenvalue weighted by atomic mass is 9.95. The molecule has 36 heavy (non-hydrogen) atoms. The van der Waals surface area contributed by atoms with Gasteiger partial charge in [-0.15, -0.1) is 0 Å². The lowest BCUT2D eigenvalue weighted by molar-refractivity contribution is -0.117. The molecule has 5 rings (SSSR count). The minimum atomic E-state index is -0.927. The van der Waals surface area contributed by atoms with Gasteiger partial charge in [0.25, 0.3) is 5.91 Å². The standard InChI is InChI=1S/C27H21ClN2O6/c1-3-35-19-6-4-5-18(14-19)30-23(15-7-9-29-10-8-15)22(25(32)27(30)33)24(31)20-12-16-11-17(28)13-21(34-2)26(16)36-20/h4-14,23,32H,3H2,1-2H3. The molecule has 8 nitrogen and oxygen atoms in total. The lowest BCUT2D eigenvalue weighted by Crippen LogP contribution is -2.31. The Morgan fingerprint density at radius 3 is 2.67 bits per heavy atom. The largest absolute Gasteiger partial charge is 0.503 e. The molecule has 0 radical (unpaired) electrons. The van der Waals surface area contributed by atoms with Crippen molar-refractivity contribution in [3.63, 3.8) is 0 Å². The van der Waals surface area contributed by atoms with Gasteiger partial charge in [-0.05, 0) is 48.9 Å². The van der Waals surface area contributed by atoms with Gasteiger partial charge < -0.3 is 19.0 Å². The Morgan fingerprint density at radius 1 is 1.17 bits per heavy atom. The normalized spacial score (nSPS) is 15.6. The second-order valence-electron chi connectivity index (χ2n) is 8.02. The van der Waals surface area contributed by atoms with Gasteiger partial charge in [0.05, 0.1) is 25.3 Å². The summed E-state index contributed by atoms with van der Waals surface area (Å²) in [5, 5.41) is 11.9. The molecule has 0 saturated carbocycles. The Hall–Kier alpha value is -4.30. The van der Waals surface area contributed by atoms with Crippen LogP contribution in [0.15, 0.2) is 82.7 Å². The summed E-state index contributed by atoms with van der Waals surface area (Å²) in [6.07, 6.45) is 3.11. The summed E-state index contributed by atoms with van der Waals surface area (Å²) in [4.78, 5) is 32.6. The second-order valence-corrected chi connectivity index (χ2v) is 8.45. The SMILES string of the molecule is CCOc1cccc(N2C(=O)C(O)=C(C(=O)c3cc4cc(Cl)cc(OC)c4o3)C2c2ccncc2)c1. The number of methoxy groups -OCH3 is 1. The van der Waals surface area contributed by atoms with Gasteiger partial charge in [-0.1, -0.05) is 17.7 Å². The third-order valence-electron chi connectivity index (χ3n) is 5.87. The first-order valence-electron chi connectivity index (χ1n) is 11.1. The Balaban J connectivity index is 1.64. The van der Waals surface area contributed by atoms with Gasteiger partial charge >= 0.3 is 0 Å². The second kappa shape index (κ2) is 9.39. The Bertz CT molecular complexity index is 1510.